The van der Waals surface area contributed by atoms with Crippen molar-refractivity contribution in [1.82, 2.24) is 9.97 Å². The van der Waals surface area contributed by atoms with E-state index in [4.69, 9.17) is 9.31 Å². The zero-order chi connectivity index (χ0) is 13.4. The molecule has 1 saturated heterocycles. The van der Waals surface area contributed by atoms with Crippen LogP contribution in [0.4, 0.5) is 0 Å². The van der Waals surface area contributed by atoms with Crippen molar-refractivity contribution >= 4 is 29.1 Å². The fourth-order valence-corrected chi connectivity index (χ4v) is 1.74. The van der Waals surface area contributed by atoms with Crippen LogP contribution in [0, 0.1) is 0 Å². The number of aromatic nitrogens is 2. The van der Waals surface area contributed by atoms with E-state index in [9.17, 15) is 0 Å². The molecule has 0 aromatic carbocycles. The average Bonchev–Trinajstić information content (AvgIpc) is 2.47. The Bertz CT molecular complexity index is 444. The molecule has 6 heteroatoms. The molecule has 0 aliphatic carbocycles. The molecule has 2 heterocycles. The first-order chi connectivity index (χ1) is 8.30. The molecule has 0 spiro atoms. The Morgan fingerprint density at radius 3 is 2.11 bits per heavy atom. The normalized spacial score (nSPS) is 21.7. The highest BCUT2D eigenvalue weighted by molar-refractivity contribution is 9.10. The Morgan fingerprint density at radius 2 is 1.61 bits per heavy atom. The van der Waals surface area contributed by atoms with Crippen LogP contribution in [-0.4, -0.2) is 28.3 Å². The van der Waals surface area contributed by atoms with E-state index in [1.165, 1.54) is 0 Å². The Morgan fingerprint density at radius 1 is 1.11 bits per heavy atom. The molecule has 1 aliphatic rings. The molecule has 18 heavy (non-hydrogen) atoms. The lowest BCUT2D eigenvalue weighted by atomic mass is 9.90. The molecule has 1 aromatic heterocycles. The lowest BCUT2D eigenvalue weighted by molar-refractivity contribution is 0.00578. The summed E-state index contributed by atoms with van der Waals surface area (Å²) >= 11 is 3.29. The Kier molecular flexibility index (Phi) is 3.62. The third kappa shape index (κ3) is 2.82. The van der Waals surface area contributed by atoms with E-state index in [2.05, 4.69) is 25.9 Å². The first-order valence-electron chi connectivity index (χ1n) is 5.81. The summed E-state index contributed by atoms with van der Waals surface area (Å²) in [6.07, 6.45) is 5.21. The van der Waals surface area contributed by atoms with Gasteiger partial charge in [-0.3, -0.25) is 0 Å². The fraction of sp³-hybridized carbons (Fsp3) is 0.500. The smallest absolute Gasteiger partial charge is 0.400 e. The summed E-state index contributed by atoms with van der Waals surface area (Å²) in [4.78, 5) is 8.31. The molecule has 0 atom stereocenters. The second-order valence-electron chi connectivity index (χ2n) is 5.24. The summed E-state index contributed by atoms with van der Waals surface area (Å²) in [5, 5.41) is 0. The van der Waals surface area contributed by atoms with Crippen LogP contribution in [0.3, 0.4) is 0 Å². The molecule has 4 nitrogen and oxygen atoms in total. The highest BCUT2D eigenvalue weighted by atomic mass is 79.9. The van der Waals surface area contributed by atoms with Gasteiger partial charge < -0.3 is 9.31 Å². The second kappa shape index (κ2) is 4.76. The average molecular weight is 311 g/mol. The SMILES string of the molecule is CC1(C)OB(/C=C/c2ncc(Br)cn2)OC1(C)C. The first kappa shape index (κ1) is 13.7. The van der Waals surface area contributed by atoms with Gasteiger partial charge in [0.15, 0.2) is 5.82 Å². The number of halogens is 1. The number of nitrogens with zero attached hydrogens (tertiary/aromatic N) is 2. The van der Waals surface area contributed by atoms with Crippen molar-refractivity contribution in [1.29, 1.82) is 0 Å². The van der Waals surface area contributed by atoms with Gasteiger partial charge in [-0.25, -0.2) is 9.97 Å². The van der Waals surface area contributed by atoms with Crippen molar-refractivity contribution in [3.8, 4) is 0 Å². The lowest BCUT2D eigenvalue weighted by Gasteiger charge is -2.32. The molecule has 0 bridgehead atoms. The van der Waals surface area contributed by atoms with Gasteiger partial charge in [0, 0.05) is 12.4 Å². The topological polar surface area (TPSA) is 44.2 Å². The van der Waals surface area contributed by atoms with Crippen LogP contribution in [0.2, 0.25) is 0 Å². The molecule has 1 aliphatic heterocycles. The second-order valence-corrected chi connectivity index (χ2v) is 6.16. The van der Waals surface area contributed by atoms with Gasteiger partial charge in [0.05, 0.1) is 15.7 Å². The Hall–Kier alpha value is -0.715. The first-order valence-corrected chi connectivity index (χ1v) is 6.61. The maximum Gasteiger partial charge on any atom is 0.487 e. The molecule has 0 amide bonds. The molecular formula is C12H16BBrN2O2. The number of hydrogen-bond acceptors (Lipinski definition) is 4. The fourth-order valence-electron chi connectivity index (χ4n) is 1.54. The lowest BCUT2D eigenvalue weighted by Crippen LogP contribution is -2.41. The third-order valence-electron chi connectivity index (χ3n) is 3.31. The summed E-state index contributed by atoms with van der Waals surface area (Å²) in [7, 11) is -0.359. The van der Waals surface area contributed by atoms with Gasteiger partial charge >= 0.3 is 7.12 Å². The van der Waals surface area contributed by atoms with E-state index >= 15 is 0 Å². The van der Waals surface area contributed by atoms with Gasteiger partial charge in [-0.05, 0) is 49.7 Å². The minimum atomic E-state index is -0.359. The summed E-state index contributed by atoms with van der Waals surface area (Å²) in [5.74, 6) is 2.47. The molecule has 0 N–H and O–H groups in total. The molecule has 2 rings (SSSR count). The van der Waals surface area contributed by atoms with Crippen molar-refractivity contribution in [3.05, 3.63) is 28.7 Å². The molecule has 0 saturated carbocycles. The maximum atomic E-state index is 5.84. The van der Waals surface area contributed by atoms with Gasteiger partial charge in [-0.15, -0.1) is 0 Å². The monoisotopic (exact) mass is 310 g/mol. The van der Waals surface area contributed by atoms with Crippen LogP contribution < -0.4 is 0 Å². The van der Waals surface area contributed by atoms with Gasteiger partial charge in [-0.2, -0.15) is 0 Å². The maximum absolute atomic E-state index is 5.84. The summed E-state index contributed by atoms with van der Waals surface area (Å²) in [6.45, 7) is 8.10. The molecule has 1 fully saturated rings. The molecule has 96 valence electrons. The van der Waals surface area contributed by atoms with E-state index in [0.717, 1.165) is 4.47 Å². The van der Waals surface area contributed by atoms with Crippen molar-refractivity contribution in [2.24, 2.45) is 0 Å². The van der Waals surface area contributed by atoms with E-state index < -0.39 is 0 Å². The molecular weight excluding hydrogens is 295 g/mol. The van der Waals surface area contributed by atoms with E-state index in [1.54, 1.807) is 18.5 Å². The molecule has 0 unspecified atom stereocenters. The van der Waals surface area contributed by atoms with Crippen LogP contribution >= 0.6 is 15.9 Å². The van der Waals surface area contributed by atoms with E-state index in [-0.39, 0.29) is 18.3 Å². The standard InChI is InChI=1S/C12H16BBrN2O2/c1-11(2)12(3,4)18-13(17-11)6-5-10-15-7-9(14)8-16-10/h5-8H,1-4H3/b6-5+. The van der Waals surface area contributed by atoms with Crippen molar-refractivity contribution in [2.45, 2.75) is 38.9 Å². The van der Waals surface area contributed by atoms with Gasteiger partial charge in [-0.1, -0.05) is 5.98 Å². The van der Waals surface area contributed by atoms with E-state index in [1.807, 2.05) is 33.7 Å². The number of rotatable bonds is 2. The van der Waals surface area contributed by atoms with E-state index in [0.29, 0.717) is 5.82 Å². The van der Waals surface area contributed by atoms with Crippen LogP contribution in [0.25, 0.3) is 6.08 Å². The largest absolute Gasteiger partial charge is 0.487 e. The van der Waals surface area contributed by atoms with Crippen LogP contribution in [0.1, 0.15) is 33.5 Å². The quantitative estimate of drug-likeness (QED) is 0.788. The zero-order valence-corrected chi connectivity index (χ0v) is 12.6. The van der Waals surface area contributed by atoms with Crippen molar-refractivity contribution in [3.63, 3.8) is 0 Å². The minimum absolute atomic E-state index is 0.317. The van der Waals surface area contributed by atoms with Crippen LogP contribution in [0.5, 0.6) is 0 Å². The minimum Gasteiger partial charge on any atom is -0.400 e. The van der Waals surface area contributed by atoms with Crippen LogP contribution in [0.15, 0.2) is 22.8 Å². The Labute approximate surface area is 116 Å². The summed E-state index contributed by atoms with van der Waals surface area (Å²) in [5.41, 5.74) is -0.634. The van der Waals surface area contributed by atoms with Crippen molar-refractivity contribution < 1.29 is 9.31 Å². The Balaban J connectivity index is 2.06. The third-order valence-corrected chi connectivity index (χ3v) is 3.72. The zero-order valence-electron chi connectivity index (χ0n) is 11.0. The summed E-state index contributed by atoms with van der Waals surface area (Å²) in [6, 6.07) is 0. The number of hydrogen-bond donors (Lipinski definition) is 0. The highest BCUT2D eigenvalue weighted by Crippen LogP contribution is 2.36. The molecule has 0 radical (unpaired) electrons. The predicted octanol–water partition coefficient (Wildman–Crippen LogP) is 2.88. The van der Waals surface area contributed by atoms with Crippen LogP contribution in [-0.2, 0) is 9.31 Å². The summed E-state index contributed by atoms with van der Waals surface area (Å²) < 4.78 is 12.5. The highest BCUT2D eigenvalue weighted by Gasteiger charge is 2.49. The molecule has 1 aromatic rings. The van der Waals surface area contributed by atoms with Crippen molar-refractivity contribution in [2.75, 3.05) is 0 Å². The van der Waals surface area contributed by atoms with Gasteiger partial charge in [0.2, 0.25) is 0 Å². The van der Waals surface area contributed by atoms with Gasteiger partial charge in [0.25, 0.3) is 0 Å². The predicted molar refractivity (Wildman–Crippen MR) is 74.8 cm³/mol. The van der Waals surface area contributed by atoms with Gasteiger partial charge in [0.1, 0.15) is 0 Å².